The number of halogens is 2. The summed E-state index contributed by atoms with van der Waals surface area (Å²) in [7, 11) is 3.42. The van der Waals surface area contributed by atoms with E-state index in [9.17, 15) is 9.18 Å². The lowest BCUT2D eigenvalue weighted by Crippen LogP contribution is -2.42. The number of rotatable bonds is 7. The fourth-order valence-corrected chi connectivity index (χ4v) is 3.06. The molecule has 3 aromatic rings. The molecule has 0 fully saturated rings. The Labute approximate surface area is 196 Å². The van der Waals surface area contributed by atoms with Crippen LogP contribution in [0.15, 0.2) is 59.0 Å². The monoisotopic (exact) mass is 542 g/mol. The fraction of sp³-hybridized carbons (Fsp3) is 0.250. The Hall–Kier alpha value is -2.47. The van der Waals surface area contributed by atoms with Crippen molar-refractivity contribution in [3.63, 3.8) is 0 Å². The molecule has 3 rings (SSSR count). The third-order valence-corrected chi connectivity index (χ3v) is 4.93. The van der Waals surface area contributed by atoms with Crippen molar-refractivity contribution in [1.29, 1.82) is 0 Å². The Bertz CT molecular complexity index is 956. The van der Waals surface area contributed by atoms with Gasteiger partial charge >= 0.3 is 0 Å². The quantitative estimate of drug-likeness (QED) is 0.274. The summed E-state index contributed by atoms with van der Waals surface area (Å²) in [4.78, 5) is 19.1. The lowest BCUT2D eigenvalue weighted by atomic mass is 10.3. The van der Waals surface area contributed by atoms with Crippen LogP contribution in [0.3, 0.4) is 0 Å². The number of aromatic nitrogens is 2. The molecular weight excluding hydrogens is 518 g/mol. The number of carbonyl (C=O) groups excluding carboxylic acids is 1. The van der Waals surface area contributed by atoms with Gasteiger partial charge in [0.2, 0.25) is 5.91 Å². The zero-order valence-electron chi connectivity index (χ0n) is 16.7. The molecule has 1 aromatic carbocycles. The van der Waals surface area contributed by atoms with Crippen molar-refractivity contribution in [3.05, 3.63) is 70.4 Å². The van der Waals surface area contributed by atoms with Gasteiger partial charge in [0.05, 0.1) is 31.0 Å². The van der Waals surface area contributed by atoms with Crippen LogP contribution in [0, 0.1) is 5.82 Å². The third kappa shape index (κ3) is 7.10. The molecule has 0 aliphatic carbocycles. The Kier molecular flexibility index (Phi) is 9.24. The first-order valence-corrected chi connectivity index (χ1v) is 9.94. The third-order valence-electron chi connectivity index (χ3n) is 4.05. The zero-order valence-corrected chi connectivity index (χ0v) is 19.9. The van der Waals surface area contributed by atoms with E-state index in [-0.39, 0.29) is 42.2 Å². The van der Waals surface area contributed by atoms with Gasteiger partial charge in [-0.3, -0.25) is 4.79 Å². The minimum absolute atomic E-state index is 0. The van der Waals surface area contributed by atoms with E-state index in [2.05, 4.69) is 20.7 Å². The van der Waals surface area contributed by atoms with E-state index in [0.29, 0.717) is 19.0 Å². The standard InChI is InChI=1S/C20H23FN6OS.HI/c1-26(2)19(28)14-24-20(23-13-18-4-3-11-29-18)22-12-16-9-10-27(25-16)17-7-5-15(21)6-8-17;/h3-11H,12-14H2,1-2H3,(H2,22,23,24);1H. The molecule has 10 heteroatoms. The summed E-state index contributed by atoms with van der Waals surface area (Å²) in [6.45, 7) is 1.10. The molecular formula is C20H24FIN6OS. The maximum Gasteiger partial charge on any atom is 0.241 e. The average molecular weight is 542 g/mol. The first kappa shape index (κ1) is 23.8. The summed E-state index contributed by atoms with van der Waals surface area (Å²) in [6, 6.07) is 12.0. The van der Waals surface area contributed by atoms with Crippen LogP contribution in [0.4, 0.5) is 4.39 Å². The predicted molar refractivity (Wildman–Crippen MR) is 128 cm³/mol. The van der Waals surface area contributed by atoms with Crippen LogP contribution in [0.2, 0.25) is 0 Å². The molecule has 1 amide bonds. The van der Waals surface area contributed by atoms with Crippen LogP contribution < -0.4 is 10.6 Å². The Morgan fingerprint density at radius 1 is 1.20 bits per heavy atom. The second-order valence-corrected chi connectivity index (χ2v) is 7.50. The van der Waals surface area contributed by atoms with Gasteiger partial charge in [0, 0.05) is 25.2 Å². The molecule has 30 heavy (non-hydrogen) atoms. The van der Waals surface area contributed by atoms with Gasteiger partial charge in [0.1, 0.15) is 5.82 Å². The molecule has 0 saturated heterocycles. The minimum atomic E-state index is -0.287. The van der Waals surface area contributed by atoms with E-state index < -0.39 is 0 Å². The minimum Gasteiger partial charge on any atom is -0.351 e. The van der Waals surface area contributed by atoms with E-state index in [0.717, 1.165) is 11.4 Å². The predicted octanol–water partition coefficient (Wildman–Crippen LogP) is 3.01. The lowest BCUT2D eigenvalue weighted by Gasteiger charge is -2.14. The Balaban J connectivity index is 0.00000320. The highest BCUT2D eigenvalue weighted by Gasteiger charge is 2.07. The maximum atomic E-state index is 13.1. The van der Waals surface area contributed by atoms with E-state index in [1.54, 1.807) is 48.4 Å². The first-order chi connectivity index (χ1) is 14.0. The lowest BCUT2D eigenvalue weighted by molar-refractivity contribution is -0.127. The highest BCUT2D eigenvalue weighted by Crippen LogP contribution is 2.10. The Morgan fingerprint density at radius 2 is 1.97 bits per heavy atom. The van der Waals surface area contributed by atoms with Crippen molar-refractivity contribution in [1.82, 2.24) is 25.3 Å². The number of benzene rings is 1. The molecule has 160 valence electrons. The smallest absolute Gasteiger partial charge is 0.241 e. The van der Waals surface area contributed by atoms with Crippen LogP contribution in [0.25, 0.3) is 5.69 Å². The van der Waals surface area contributed by atoms with Gasteiger partial charge in [-0.15, -0.1) is 35.3 Å². The molecule has 0 unspecified atom stereocenters. The number of carbonyl (C=O) groups is 1. The van der Waals surface area contributed by atoms with E-state index in [1.165, 1.54) is 21.9 Å². The number of thiophene rings is 1. The van der Waals surface area contributed by atoms with E-state index in [1.807, 2.05) is 23.6 Å². The summed E-state index contributed by atoms with van der Waals surface area (Å²) < 4.78 is 14.8. The highest BCUT2D eigenvalue weighted by atomic mass is 127. The van der Waals surface area contributed by atoms with Crippen LogP contribution in [0.5, 0.6) is 0 Å². The van der Waals surface area contributed by atoms with Gasteiger partial charge in [-0.25, -0.2) is 14.1 Å². The normalized spacial score (nSPS) is 11.0. The van der Waals surface area contributed by atoms with Crippen LogP contribution in [-0.4, -0.2) is 47.2 Å². The number of amides is 1. The average Bonchev–Trinajstić information content (AvgIpc) is 3.39. The van der Waals surface area contributed by atoms with Crippen molar-refractivity contribution < 1.29 is 9.18 Å². The van der Waals surface area contributed by atoms with Gasteiger partial charge in [0.25, 0.3) is 0 Å². The summed E-state index contributed by atoms with van der Waals surface area (Å²) in [5, 5.41) is 12.8. The SMILES string of the molecule is CN(C)C(=O)CNC(=NCc1ccn(-c2ccc(F)cc2)n1)NCc1cccs1.I. The molecule has 0 saturated carbocycles. The molecule has 2 N–H and O–H groups in total. The summed E-state index contributed by atoms with van der Waals surface area (Å²) >= 11 is 1.65. The number of likely N-dealkylation sites (N-methyl/N-ethyl adjacent to an activating group) is 1. The maximum absolute atomic E-state index is 13.1. The number of nitrogens with zero attached hydrogens (tertiary/aromatic N) is 4. The van der Waals surface area contributed by atoms with Gasteiger partial charge in [-0.05, 0) is 41.8 Å². The number of hydrogen-bond donors (Lipinski definition) is 2. The molecule has 0 aliphatic heterocycles. The number of nitrogens with one attached hydrogen (secondary N) is 2. The van der Waals surface area contributed by atoms with E-state index >= 15 is 0 Å². The number of hydrogen-bond acceptors (Lipinski definition) is 4. The molecule has 2 aromatic heterocycles. The van der Waals surface area contributed by atoms with Crippen molar-refractivity contribution in [3.8, 4) is 5.69 Å². The topological polar surface area (TPSA) is 74.5 Å². The van der Waals surface area contributed by atoms with Gasteiger partial charge < -0.3 is 15.5 Å². The van der Waals surface area contributed by atoms with Crippen LogP contribution in [-0.2, 0) is 17.9 Å². The van der Waals surface area contributed by atoms with Crippen molar-refractivity contribution >= 4 is 47.2 Å². The largest absolute Gasteiger partial charge is 0.351 e. The molecule has 0 aliphatic rings. The number of aliphatic imine (C=N–C) groups is 1. The highest BCUT2D eigenvalue weighted by molar-refractivity contribution is 14.0. The molecule has 0 bridgehead atoms. The molecule has 0 atom stereocenters. The molecule has 0 radical (unpaired) electrons. The van der Waals surface area contributed by atoms with Crippen LogP contribution >= 0.6 is 35.3 Å². The van der Waals surface area contributed by atoms with E-state index in [4.69, 9.17) is 0 Å². The molecule has 2 heterocycles. The first-order valence-electron chi connectivity index (χ1n) is 9.06. The van der Waals surface area contributed by atoms with Gasteiger partial charge in [-0.1, -0.05) is 6.07 Å². The molecule has 7 nitrogen and oxygen atoms in total. The molecule has 0 spiro atoms. The van der Waals surface area contributed by atoms with Crippen molar-refractivity contribution in [2.45, 2.75) is 13.1 Å². The van der Waals surface area contributed by atoms with Gasteiger partial charge in [-0.2, -0.15) is 5.10 Å². The second kappa shape index (κ2) is 11.6. The second-order valence-electron chi connectivity index (χ2n) is 6.47. The zero-order chi connectivity index (χ0) is 20.6. The summed E-state index contributed by atoms with van der Waals surface area (Å²) in [5.41, 5.74) is 1.53. The van der Waals surface area contributed by atoms with Crippen molar-refractivity contribution in [2.24, 2.45) is 4.99 Å². The van der Waals surface area contributed by atoms with Gasteiger partial charge in [0.15, 0.2) is 5.96 Å². The fourth-order valence-electron chi connectivity index (χ4n) is 2.42. The van der Waals surface area contributed by atoms with Crippen molar-refractivity contribution in [2.75, 3.05) is 20.6 Å². The Morgan fingerprint density at radius 3 is 2.63 bits per heavy atom. The summed E-state index contributed by atoms with van der Waals surface area (Å²) in [5.74, 6) is 0.201. The van der Waals surface area contributed by atoms with Crippen LogP contribution in [0.1, 0.15) is 10.6 Å². The summed E-state index contributed by atoms with van der Waals surface area (Å²) in [6.07, 6.45) is 1.81. The number of guanidine groups is 1.